The molecule has 1 aromatic carbocycles. The van der Waals surface area contributed by atoms with E-state index in [1.165, 1.54) is 0 Å². The molecule has 0 aromatic heterocycles. The van der Waals surface area contributed by atoms with Gasteiger partial charge < -0.3 is 14.2 Å². The Hall–Kier alpha value is -1.60. The predicted molar refractivity (Wildman–Crippen MR) is 98.4 cm³/mol. The number of carbonyl (C=O) groups excluding carboxylic acids is 1. The van der Waals surface area contributed by atoms with Crippen molar-refractivity contribution in [3.05, 3.63) is 23.3 Å². The van der Waals surface area contributed by atoms with Gasteiger partial charge in [-0.05, 0) is 36.3 Å². The quantitative estimate of drug-likeness (QED) is 0.402. The number of rotatable bonds is 7. The highest BCUT2D eigenvalue weighted by atomic mass is 32.2. The minimum absolute atomic E-state index is 0.0670. The maximum Gasteiger partial charge on any atom is 0.513 e. The molecule has 1 aliphatic heterocycles. The van der Waals surface area contributed by atoms with Gasteiger partial charge in [-0.3, -0.25) is 0 Å². The van der Waals surface area contributed by atoms with Crippen molar-refractivity contribution >= 4 is 16.0 Å². The molecule has 2 rings (SSSR count). The Labute approximate surface area is 155 Å². The molecule has 0 atom stereocenters. The third-order valence-electron chi connectivity index (χ3n) is 4.47. The zero-order valence-corrected chi connectivity index (χ0v) is 16.8. The van der Waals surface area contributed by atoms with Crippen LogP contribution in [0.15, 0.2) is 17.0 Å². The van der Waals surface area contributed by atoms with Gasteiger partial charge in [0.25, 0.3) is 0 Å². The monoisotopic (exact) mass is 384 g/mol. The SMILES string of the molecule is CCCOCc1c(OC(=O)OCCC)ccc2c1S(=O)(=O)CCC2(C)C. The lowest BCUT2D eigenvalue weighted by atomic mass is 9.81. The molecule has 7 heteroatoms. The van der Waals surface area contributed by atoms with Crippen LogP contribution in [0.3, 0.4) is 0 Å². The maximum absolute atomic E-state index is 12.8. The summed E-state index contributed by atoms with van der Waals surface area (Å²) in [4.78, 5) is 12.1. The van der Waals surface area contributed by atoms with Gasteiger partial charge in [0.05, 0.1) is 23.9 Å². The van der Waals surface area contributed by atoms with Gasteiger partial charge in [-0.1, -0.05) is 33.8 Å². The smallest absolute Gasteiger partial charge is 0.434 e. The van der Waals surface area contributed by atoms with Gasteiger partial charge in [0, 0.05) is 12.2 Å². The third-order valence-corrected chi connectivity index (χ3v) is 6.30. The first-order valence-corrected chi connectivity index (χ1v) is 10.7. The molecular formula is C19H28O6S. The van der Waals surface area contributed by atoms with Crippen molar-refractivity contribution in [3.63, 3.8) is 0 Å². The number of sulfone groups is 1. The number of ether oxygens (including phenoxy) is 3. The topological polar surface area (TPSA) is 78.9 Å². The normalized spacial score (nSPS) is 17.4. The summed E-state index contributed by atoms with van der Waals surface area (Å²) >= 11 is 0. The highest BCUT2D eigenvalue weighted by Gasteiger charge is 2.38. The number of fused-ring (bicyclic) bond motifs is 1. The van der Waals surface area contributed by atoms with E-state index in [4.69, 9.17) is 14.2 Å². The van der Waals surface area contributed by atoms with Crippen molar-refractivity contribution < 1.29 is 27.4 Å². The first-order valence-electron chi connectivity index (χ1n) is 9.04. The lowest BCUT2D eigenvalue weighted by Crippen LogP contribution is -2.31. The second-order valence-electron chi connectivity index (χ2n) is 7.12. The molecule has 0 bridgehead atoms. The van der Waals surface area contributed by atoms with Crippen LogP contribution in [0.4, 0.5) is 4.79 Å². The van der Waals surface area contributed by atoms with Crippen molar-refractivity contribution in [2.75, 3.05) is 19.0 Å². The third kappa shape index (κ3) is 4.57. The Kier molecular flexibility index (Phi) is 6.69. The van der Waals surface area contributed by atoms with Crippen molar-refractivity contribution in [2.24, 2.45) is 0 Å². The molecule has 0 radical (unpaired) electrons. The van der Waals surface area contributed by atoms with E-state index in [2.05, 4.69) is 0 Å². The van der Waals surface area contributed by atoms with Crippen LogP contribution in [0, 0.1) is 0 Å². The molecule has 1 heterocycles. The molecule has 0 aliphatic carbocycles. The van der Waals surface area contributed by atoms with E-state index >= 15 is 0 Å². The number of hydrogen-bond acceptors (Lipinski definition) is 6. The second-order valence-corrected chi connectivity index (χ2v) is 9.17. The summed E-state index contributed by atoms with van der Waals surface area (Å²) in [5, 5.41) is 0. The lowest BCUT2D eigenvalue weighted by molar-refractivity contribution is 0.0941. The second kappa shape index (κ2) is 8.39. The number of carbonyl (C=O) groups is 1. The largest absolute Gasteiger partial charge is 0.513 e. The fourth-order valence-electron chi connectivity index (χ4n) is 2.98. The maximum atomic E-state index is 12.8. The van der Waals surface area contributed by atoms with Gasteiger partial charge in [-0.2, -0.15) is 0 Å². The molecule has 0 saturated heterocycles. The van der Waals surface area contributed by atoms with Crippen molar-refractivity contribution in [1.82, 2.24) is 0 Å². The molecule has 26 heavy (non-hydrogen) atoms. The molecule has 0 amide bonds. The first-order chi connectivity index (χ1) is 12.2. The molecule has 0 spiro atoms. The van der Waals surface area contributed by atoms with Crippen LogP contribution in [0.5, 0.6) is 5.75 Å². The standard InChI is InChI=1S/C19H28O6S/c1-5-10-23-13-14-16(25-18(20)24-11-6-2)8-7-15-17(14)26(21,22)12-9-19(15,3)4/h7-8H,5-6,9-13H2,1-4H3. The molecule has 6 nitrogen and oxygen atoms in total. The minimum atomic E-state index is -3.47. The van der Waals surface area contributed by atoms with E-state index in [-0.39, 0.29) is 35.0 Å². The molecule has 0 unspecified atom stereocenters. The molecule has 1 aromatic rings. The van der Waals surface area contributed by atoms with Gasteiger partial charge >= 0.3 is 6.16 Å². The van der Waals surface area contributed by atoms with Crippen LogP contribution in [0.1, 0.15) is 58.1 Å². The molecule has 0 N–H and O–H groups in total. The van der Waals surface area contributed by atoms with Gasteiger partial charge in [0.15, 0.2) is 9.84 Å². The van der Waals surface area contributed by atoms with Gasteiger partial charge in [-0.25, -0.2) is 13.2 Å². The average molecular weight is 384 g/mol. The van der Waals surface area contributed by atoms with Crippen LogP contribution in [-0.4, -0.2) is 33.5 Å². The summed E-state index contributed by atoms with van der Waals surface area (Å²) in [5.74, 6) is 0.250. The van der Waals surface area contributed by atoms with Crippen LogP contribution in [-0.2, 0) is 31.3 Å². The summed E-state index contributed by atoms with van der Waals surface area (Å²) in [7, 11) is -3.47. The van der Waals surface area contributed by atoms with Crippen LogP contribution >= 0.6 is 0 Å². The summed E-state index contributed by atoms with van der Waals surface area (Å²) in [5.41, 5.74) is 0.867. The summed E-state index contributed by atoms with van der Waals surface area (Å²) in [6.45, 7) is 8.71. The van der Waals surface area contributed by atoms with Gasteiger partial charge in [0.1, 0.15) is 5.75 Å². The molecule has 146 valence electrons. The summed E-state index contributed by atoms with van der Waals surface area (Å²) in [6, 6.07) is 3.37. The number of benzene rings is 1. The summed E-state index contributed by atoms with van der Waals surface area (Å²) in [6.07, 6.45) is 1.20. The molecular weight excluding hydrogens is 356 g/mol. The van der Waals surface area contributed by atoms with E-state index in [9.17, 15) is 13.2 Å². The van der Waals surface area contributed by atoms with E-state index < -0.39 is 16.0 Å². The Morgan fingerprint density at radius 1 is 1.15 bits per heavy atom. The first kappa shape index (κ1) is 20.7. The Morgan fingerprint density at radius 3 is 2.50 bits per heavy atom. The highest BCUT2D eigenvalue weighted by Crippen LogP contribution is 2.43. The van der Waals surface area contributed by atoms with Crippen LogP contribution in [0.2, 0.25) is 0 Å². The fourth-order valence-corrected chi connectivity index (χ4v) is 5.18. The van der Waals surface area contributed by atoms with Crippen LogP contribution in [0.25, 0.3) is 0 Å². The average Bonchev–Trinajstić information content (AvgIpc) is 2.58. The Balaban J connectivity index is 2.50. The zero-order chi connectivity index (χ0) is 19.4. The van der Waals surface area contributed by atoms with Crippen molar-refractivity contribution in [1.29, 1.82) is 0 Å². The zero-order valence-electron chi connectivity index (χ0n) is 16.0. The lowest BCUT2D eigenvalue weighted by Gasteiger charge is -2.33. The Bertz CT molecular complexity index is 752. The van der Waals surface area contributed by atoms with Crippen molar-refractivity contribution in [2.45, 2.75) is 63.9 Å². The minimum Gasteiger partial charge on any atom is -0.434 e. The molecule has 0 fully saturated rings. The van der Waals surface area contributed by atoms with Crippen LogP contribution < -0.4 is 4.74 Å². The van der Waals surface area contributed by atoms with Crippen molar-refractivity contribution in [3.8, 4) is 5.75 Å². The van der Waals surface area contributed by atoms with E-state index in [0.717, 1.165) is 12.0 Å². The molecule has 0 saturated carbocycles. The number of hydrogen-bond donors (Lipinski definition) is 0. The predicted octanol–water partition coefficient (Wildman–Crippen LogP) is 3.99. The Morgan fingerprint density at radius 2 is 1.85 bits per heavy atom. The van der Waals surface area contributed by atoms with Gasteiger partial charge in [-0.15, -0.1) is 0 Å². The summed E-state index contributed by atoms with van der Waals surface area (Å²) < 4.78 is 41.5. The van der Waals surface area contributed by atoms with Gasteiger partial charge in [0.2, 0.25) is 0 Å². The van der Waals surface area contributed by atoms with E-state index in [0.29, 0.717) is 25.0 Å². The van der Waals surface area contributed by atoms with E-state index in [1.54, 1.807) is 12.1 Å². The molecule has 1 aliphatic rings. The highest BCUT2D eigenvalue weighted by molar-refractivity contribution is 7.91. The fraction of sp³-hybridized carbons (Fsp3) is 0.632. The van der Waals surface area contributed by atoms with E-state index in [1.807, 2.05) is 27.7 Å².